The van der Waals surface area contributed by atoms with Crippen LogP contribution in [0.5, 0.6) is 0 Å². The van der Waals surface area contributed by atoms with E-state index in [1.54, 1.807) is 0 Å². The van der Waals surface area contributed by atoms with E-state index in [0.717, 1.165) is 24.8 Å². The van der Waals surface area contributed by atoms with Gasteiger partial charge in [-0.15, -0.1) is 0 Å². The predicted octanol–water partition coefficient (Wildman–Crippen LogP) is 0.644. The molecular formula is C8H13NO2S. The van der Waals surface area contributed by atoms with E-state index in [0.29, 0.717) is 0 Å². The maximum absolute atomic E-state index is 11.2. The summed E-state index contributed by atoms with van der Waals surface area (Å²) in [6.07, 6.45) is 3.05. The van der Waals surface area contributed by atoms with Gasteiger partial charge in [0.05, 0.1) is 5.75 Å². The monoisotopic (exact) mass is 187 g/mol. The van der Waals surface area contributed by atoms with Crippen LogP contribution >= 0.6 is 0 Å². The van der Waals surface area contributed by atoms with Crippen LogP contribution in [0, 0.1) is 5.92 Å². The van der Waals surface area contributed by atoms with Crippen molar-refractivity contribution in [1.82, 2.24) is 4.72 Å². The first-order chi connectivity index (χ1) is 5.58. The minimum absolute atomic E-state index is 0.149. The van der Waals surface area contributed by atoms with E-state index in [9.17, 15) is 8.42 Å². The fourth-order valence-corrected chi connectivity index (χ4v) is 3.89. The van der Waals surface area contributed by atoms with Crippen molar-refractivity contribution in [3.8, 4) is 0 Å². The van der Waals surface area contributed by atoms with Crippen LogP contribution in [-0.4, -0.2) is 20.2 Å². The average molecular weight is 187 g/mol. The van der Waals surface area contributed by atoms with E-state index >= 15 is 0 Å². The van der Waals surface area contributed by atoms with Crippen LogP contribution in [-0.2, 0) is 10.0 Å². The van der Waals surface area contributed by atoms with E-state index in [-0.39, 0.29) is 17.7 Å². The summed E-state index contributed by atoms with van der Waals surface area (Å²) in [7, 11) is -2.97. The normalized spacial score (nSPS) is 39.5. The topological polar surface area (TPSA) is 46.2 Å². The van der Waals surface area contributed by atoms with Crippen LogP contribution in [0.3, 0.4) is 0 Å². The van der Waals surface area contributed by atoms with Crippen LogP contribution in [0.25, 0.3) is 0 Å². The number of fused-ring (bicyclic) bond motifs is 1. The first-order valence-corrected chi connectivity index (χ1v) is 5.91. The molecule has 2 atom stereocenters. The van der Waals surface area contributed by atoms with Crippen LogP contribution < -0.4 is 4.72 Å². The summed E-state index contributed by atoms with van der Waals surface area (Å²) in [5.41, 5.74) is 1.11. The van der Waals surface area contributed by atoms with Crippen LogP contribution in [0.2, 0.25) is 0 Å². The van der Waals surface area contributed by atoms with Crippen molar-refractivity contribution in [2.45, 2.75) is 25.3 Å². The predicted molar refractivity (Wildman–Crippen MR) is 47.2 cm³/mol. The summed E-state index contributed by atoms with van der Waals surface area (Å²) < 4.78 is 25.1. The molecule has 4 heteroatoms. The molecule has 1 aliphatic heterocycles. The summed E-state index contributed by atoms with van der Waals surface area (Å²) in [6.45, 7) is 3.92. The van der Waals surface area contributed by atoms with Gasteiger partial charge in [-0.1, -0.05) is 12.2 Å². The van der Waals surface area contributed by atoms with Gasteiger partial charge in [0.2, 0.25) is 10.0 Å². The minimum atomic E-state index is -2.97. The Labute approximate surface area is 72.9 Å². The van der Waals surface area contributed by atoms with Crippen LogP contribution in [0.15, 0.2) is 12.2 Å². The fourth-order valence-electron chi connectivity index (χ4n) is 2.11. The van der Waals surface area contributed by atoms with Crippen LogP contribution in [0.4, 0.5) is 0 Å². The third kappa shape index (κ3) is 1.29. The molecule has 1 aliphatic carbocycles. The first kappa shape index (κ1) is 8.26. The number of hydrogen-bond acceptors (Lipinski definition) is 2. The molecule has 3 nitrogen and oxygen atoms in total. The summed E-state index contributed by atoms with van der Waals surface area (Å²) >= 11 is 0. The summed E-state index contributed by atoms with van der Waals surface area (Å²) in [6, 6.07) is 0.149. The Balaban J connectivity index is 2.25. The zero-order valence-corrected chi connectivity index (χ0v) is 7.73. The fraction of sp³-hybridized carbons (Fsp3) is 0.750. The molecule has 0 spiro atoms. The Kier molecular flexibility index (Phi) is 1.77. The SMILES string of the molecule is C=C1CCCC2NS(=O)(=O)CC12. The molecule has 2 unspecified atom stereocenters. The molecule has 1 N–H and O–H groups in total. The maximum atomic E-state index is 11.2. The third-order valence-corrected chi connectivity index (χ3v) is 4.21. The van der Waals surface area contributed by atoms with Gasteiger partial charge in [-0.25, -0.2) is 13.1 Å². The van der Waals surface area contributed by atoms with Gasteiger partial charge in [-0.05, 0) is 19.3 Å². The second-order valence-corrected chi connectivity index (χ2v) is 5.46. The van der Waals surface area contributed by atoms with Crippen molar-refractivity contribution in [2.24, 2.45) is 5.92 Å². The molecule has 2 aliphatic rings. The first-order valence-electron chi connectivity index (χ1n) is 4.26. The number of nitrogens with one attached hydrogen (secondary N) is 1. The molecule has 68 valence electrons. The molecule has 12 heavy (non-hydrogen) atoms. The molecule has 2 rings (SSSR count). The van der Waals surface area contributed by atoms with Crippen molar-refractivity contribution in [1.29, 1.82) is 0 Å². The molecule has 1 heterocycles. The summed E-state index contributed by atoms with van der Waals surface area (Å²) in [5.74, 6) is 0.444. The van der Waals surface area contributed by atoms with E-state index in [1.165, 1.54) is 0 Å². The third-order valence-electron chi connectivity index (χ3n) is 2.75. The van der Waals surface area contributed by atoms with Gasteiger partial charge < -0.3 is 0 Å². The molecule has 0 aromatic carbocycles. The van der Waals surface area contributed by atoms with E-state index in [2.05, 4.69) is 11.3 Å². The largest absolute Gasteiger partial charge is 0.212 e. The highest BCUT2D eigenvalue weighted by Gasteiger charge is 2.39. The lowest BCUT2D eigenvalue weighted by Gasteiger charge is -2.25. The molecule has 0 aromatic heterocycles. The molecular weight excluding hydrogens is 174 g/mol. The molecule has 1 saturated heterocycles. The Bertz CT molecular complexity index is 307. The van der Waals surface area contributed by atoms with Crippen molar-refractivity contribution in [2.75, 3.05) is 5.75 Å². The quantitative estimate of drug-likeness (QED) is 0.566. The zero-order valence-electron chi connectivity index (χ0n) is 6.91. The lowest BCUT2D eigenvalue weighted by Crippen LogP contribution is -2.31. The second-order valence-electron chi connectivity index (χ2n) is 3.66. The highest BCUT2D eigenvalue weighted by atomic mass is 32.2. The highest BCUT2D eigenvalue weighted by molar-refractivity contribution is 7.89. The van der Waals surface area contributed by atoms with Crippen molar-refractivity contribution < 1.29 is 8.42 Å². The molecule has 0 radical (unpaired) electrons. The number of rotatable bonds is 0. The zero-order chi connectivity index (χ0) is 8.77. The van der Waals surface area contributed by atoms with Gasteiger partial charge in [0.25, 0.3) is 0 Å². The standard InChI is InChI=1S/C8H13NO2S/c1-6-3-2-4-8-7(6)5-12(10,11)9-8/h7-9H,1-5H2. The Morgan fingerprint density at radius 2 is 2.25 bits per heavy atom. The van der Waals surface area contributed by atoms with Crippen molar-refractivity contribution in [3.63, 3.8) is 0 Å². The summed E-state index contributed by atoms with van der Waals surface area (Å²) in [5, 5.41) is 0. The highest BCUT2D eigenvalue weighted by Crippen LogP contribution is 2.33. The number of sulfonamides is 1. The van der Waals surface area contributed by atoms with E-state index in [1.807, 2.05) is 0 Å². The van der Waals surface area contributed by atoms with Crippen LogP contribution in [0.1, 0.15) is 19.3 Å². The molecule has 1 saturated carbocycles. The molecule has 2 fully saturated rings. The van der Waals surface area contributed by atoms with Gasteiger partial charge in [0.15, 0.2) is 0 Å². The van der Waals surface area contributed by atoms with E-state index < -0.39 is 10.0 Å². The maximum Gasteiger partial charge on any atom is 0.212 e. The lowest BCUT2D eigenvalue weighted by molar-refractivity contribution is 0.417. The smallest absolute Gasteiger partial charge is 0.212 e. The minimum Gasteiger partial charge on any atom is -0.212 e. The van der Waals surface area contributed by atoms with Gasteiger partial charge in [0, 0.05) is 12.0 Å². The Morgan fingerprint density at radius 1 is 1.50 bits per heavy atom. The van der Waals surface area contributed by atoms with Crippen molar-refractivity contribution in [3.05, 3.63) is 12.2 Å². The van der Waals surface area contributed by atoms with Gasteiger partial charge in [-0.2, -0.15) is 0 Å². The molecule has 0 bridgehead atoms. The van der Waals surface area contributed by atoms with Gasteiger partial charge in [-0.3, -0.25) is 0 Å². The Morgan fingerprint density at radius 3 is 2.92 bits per heavy atom. The number of hydrogen-bond donors (Lipinski definition) is 1. The van der Waals surface area contributed by atoms with Gasteiger partial charge >= 0.3 is 0 Å². The average Bonchev–Trinajstić information content (AvgIpc) is 2.25. The molecule has 0 aromatic rings. The summed E-state index contributed by atoms with van der Waals surface area (Å²) in [4.78, 5) is 0. The van der Waals surface area contributed by atoms with E-state index in [4.69, 9.17) is 0 Å². The molecule has 0 amide bonds. The Hall–Kier alpha value is -0.350. The second kappa shape index (κ2) is 2.57. The van der Waals surface area contributed by atoms with Gasteiger partial charge in [0.1, 0.15) is 0 Å². The lowest BCUT2D eigenvalue weighted by atomic mass is 9.83. The van der Waals surface area contributed by atoms with Crippen molar-refractivity contribution >= 4 is 10.0 Å².